The van der Waals surface area contributed by atoms with Crippen molar-refractivity contribution in [3.63, 3.8) is 0 Å². The van der Waals surface area contributed by atoms with Crippen molar-refractivity contribution >= 4 is 0 Å². The summed E-state index contributed by atoms with van der Waals surface area (Å²) in [5.41, 5.74) is 1.09. The van der Waals surface area contributed by atoms with Crippen LogP contribution in [0.1, 0.15) is 31.4 Å². The molecule has 1 aliphatic rings. The SMILES string of the molecule is CC1(O)CC(c2ccccc2)OCCCO1. The van der Waals surface area contributed by atoms with E-state index >= 15 is 0 Å². The monoisotopic (exact) mass is 222 g/mol. The summed E-state index contributed by atoms with van der Waals surface area (Å²) in [7, 11) is 0. The summed E-state index contributed by atoms with van der Waals surface area (Å²) in [5, 5.41) is 10.0. The molecule has 2 rings (SSSR count). The quantitative estimate of drug-likeness (QED) is 0.792. The third-order valence-electron chi connectivity index (χ3n) is 2.76. The van der Waals surface area contributed by atoms with Gasteiger partial charge in [0.25, 0.3) is 0 Å². The predicted molar refractivity (Wildman–Crippen MR) is 60.9 cm³/mol. The van der Waals surface area contributed by atoms with Gasteiger partial charge in [0.05, 0.1) is 12.7 Å². The zero-order valence-corrected chi connectivity index (χ0v) is 9.56. The molecule has 88 valence electrons. The number of aliphatic hydroxyl groups is 1. The molecular weight excluding hydrogens is 204 g/mol. The highest BCUT2D eigenvalue weighted by molar-refractivity contribution is 5.17. The molecule has 0 spiro atoms. The van der Waals surface area contributed by atoms with E-state index in [4.69, 9.17) is 9.47 Å². The lowest BCUT2D eigenvalue weighted by Crippen LogP contribution is -2.34. The lowest BCUT2D eigenvalue weighted by molar-refractivity contribution is -0.223. The average Bonchev–Trinajstić information content (AvgIpc) is 2.25. The van der Waals surface area contributed by atoms with E-state index in [1.807, 2.05) is 30.3 Å². The molecule has 1 saturated heterocycles. The number of ether oxygens (including phenoxy) is 2. The highest BCUT2D eigenvalue weighted by atomic mass is 16.6. The number of benzene rings is 1. The van der Waals surface area contributed by atoms with Gasteiger partial charge in [0.1, 0.15) is 0 Å². The maximum absolute atomic E-state index is 10.0. The predicted octanol–water partition coefficient (Wildman–Crippen LogP) is 2.26. The van der Waals surface area contributed by atoms with Crippen molar-refractivity contribution in [3.05, 3.63) is 35.9 Å². The maximum atomic E-state index is 10.0. The van der Waals surface area contributed by atoms with E-state index in [1.165, 1.54) is 0 Å². The fourth-order valence-electron chi connectivity index (χ4n) is 1.92. The van der Waals surface area contributed by atoms with Gasteiger partial charge in [-0.05, 0) is 18.9 Å². The minimum absolute atomic E-state index is 0.0866. The molecule has 3 heteroatoms. The molecule has 0 amide bonds. The lowest BCUT2D eigenvalue weighted by Gasteiger charge is -2.31. The molecule has 2 unspecified atom stereocenters. The third kappa shape index (κ3) is 3.04. The van der Waals surface area contributed by atoms with E-state index in [0.717, 1.165) is 12.0 Å². The van der Waals surface area contributed by atoms with Gasteiger partial charge in [-0.25, -0.2) is 0 Å². The first-order valence-electron chi connectivity index (χ1n) is 5.70. The van der Waals surface area contributed by atoms with E-state index in [0.29, 0.717) is 19.6 Å². The topological polar surface area (TPSA) is 38.7 Å². The van der Waals surface area contributed by atoms with Crippen molar-refractivity contribution in [2.75, 3.05) is 13.2 Å². The molecule has 0 aromatic heterocycles. The van der Waals surface area contributed by atoms with Crippen LogP contribution in [0, 0.1) is 0 Å². The highest BCUT2D eigenvalue weighted by Crippen LogP contribution is 2.29. The second kappa shape index (κ2) is 4.95. The Morgan fingerprint density at radius 3 is 2.75 bits per heavy atom. The molecule has 0 aliphatic carbocycles. The molecule has 1 fully saturated rings. The van der Waals surface area contributed by atoms with Crippen molar-refractivity contribution < 1.29 is 14.6 Å². The fraction of sp³-hybridized carbons (Fsp3) is 0.538. The molecule has 3 nitrogen and oxygen atoms in total. The van der Waals surface area contributed by atoms with Gasteiger partial charge in [-0.1, -0.05) is 30.3 Å². The van der Waals surface area contributed by atoms with Crippen LogP contribution < -0.4 is 0 Å². The van der Waals surface area contributed by atoms with Crippen LogP contribution in [0.3, 0.4) is 0 Å². The van der Waals surface area contributed by atoms with Crippen molar-refractivity contribution in [2.24, 2.45) is 0 Å². The molecule has 0 saturated carbocycles. The van der Waals surface area contributed by atoms with E-state index in [1.54, 1.807) is 6.92 Å². The minimum Gasteiger partial charge on any atom is -0.373 e. The molecule has 1 N–H and O–H groups in total. The van der Waals surface area contributed by atoms with Crippen molar-refractivity contribution in [1.29, 1.82) is 0 Å². The summed E-state index contributed by atoms with van der Waals surface area (Å²) >= 11 is 0. The standard InChI is InChI=1S/C13H18O3/c1-13(14)10-12(15-8-5-9-16-13)11-6-3-2-4-7-11/h2-4,6-7,12,14H,5,8-10H2,1H3. The molecule has 0 radical (unpaired) electrons. The van der Waals surface area contributed by atoms with Crippen LogP contribution in [0.4, 0.5) is 0 Å². The van der Waals surface area contributed by atoms with E-state index in [2.05, 4.69) is 0 Å². The number of hydrogen-bond acceptors (Lipinski definition) is 3. The highest BCUT2D eigenvalue weighted by Gasteiger charge is 2.29. The van der Waals surface area contributed by atoms with Gasteiger partial charge in [0, 0.05) is 13.0 Å². The third-order valence-corrected chi connectivity index (χ3v) is 2.76. The van der Waals surface area contributed by atoms with Gasteiger partial charge in [-0.3, -0.25) is 0 Å². The molecule has 1 heterocycles. The van der Waals surface area contributed by atoms with Gasteiger partial charge in [0.15, 0.2) is 5.79 Å². The van der Waals surface area contributed by atoms with Crippen molar-refractivity contribution in [3.8, 4) is 0 Å². The summed E-state index contributed by atoms with van der Waals surface area (Å²) in [5.74, 6) is -1.10. The molecular formula is C13H18O3. The molecule has 1 aliphatic heterocycles. The van der Waals surface area contributed by atoms with Gasteiger partial charge in [-0.2, -0.15) is 0 Å². The number of hydrogen-bond donors (Lipinski definition) is 1. The van der Waals surface area contributed by atoms with E-state index in [9.17, 15) is 5.11 Å². The Morgan fingerprint density at radius 2 is 2.00 bits per heavy atom. The Bertz CT molecular complexity index is 321. The summed E-state index contributed by atoms with van der Waals surface area (Å²) < 4.78 is 11.2. The van der Waals surface area contributed by atoms with Gasteiger partial charge in [0.2, 0.25) is 0 Å². The van der Waals surface area contributed by atoms with Crippen LogP contribution >= 0.6 is 0 Å². The van der Waals surface area contributed by atoms with Crippen LogP contribution in [-0.2, 0) is 9.47 Å². The van der Waals surface area contributed by atoms with Gasteiger partial charge < -0.3 is 14.6 Å². The molecule has 2 atom stereocenters. The Morgan fingerprint density at radius 1 is 1.25 bits per heavy atom. The summed E-state index contributed by atoms with van der Waals surface area (Å²) in [6.07, 6.45) is 1.20. The first kappa shape index (κ1) is 11.6. The summed E-state index contributed by atoms with van der Waals surface area (Å²) in [4.78, 5) is 0. The van der Waals surface area contributed by atoms with E-state index in [-0.39, 0.29) is 6.10 Å². The Kier molecular flexibility index (Phi) is 3.59. The molecule has 1 aromatic carbocycles. The lowest BCUT2D eigenvalue weighted by atomic mass is 10.0. The first-order valence-corrected chi connectivity index (χ1v) is 5.70. The van der Waals surface area contributed by atoms with Gasteiger partial charge >= 0.3 is 0 Å². The van der Waals surface area contributed by atoms with Crippen LogP contribution in [0.15, 0.2) is 30.3 Å². The molecule has 1 aromatic rings. The fourth-order valence-corrected chi connectivity index (χ4v) is 1.92. The second-order valence-corrected chi connectivity index (χ2v) is 4.35. The van der Waals surface area contributed by atoms with Crippen LogP contribution in [0.25, 0.3) is 0 Å². The zero-order valence-electron chi connectivity index (χ0n) is 9.56. The van der Waals surface area contributed by atoms with Crippen LogP contribution in [0.2, 0.25) is 0 Å². The van der Waals surface area contributed by atoms with Crippen molar-refractivity contribution in [1.82, 2.24) is 0 Å². The zero-order chi connectivity index (χ0) is 11.4. The molecule has 0 bridgehead atoms. The second-order valence-electron chi connectivity index (χ2n) is 4.35. The summed E-state index contributed by atoms with van der Waals surface area (Å²) in [6, 6.07) is 9.96. The Labute approximate surface area is 96.0 Å². The minimum atomic E-state index is -1.10. The Hall–Kier alpha value is -0.900. The smallest absolute Gasteiger partial charge is 0.165 e. The largest absolute Gasteiger partial charge is 0.373 e. The van der Waals surface area contributed by atoms with Crippen molar-refractivity contribution in [2.45, 2.75) is 31.7 Å². The molecule has 16 heavy (non-hydrogen) atoms. The Balaban J connectivity index is 2.12. The first-order chi connectivity index (χ1) is 7.67. The van der Waals surface area contributed by atoms with E-state index < -0.39 is 5.79 Å². The van der Waals surface area contributed by atoms with Gasteiger partial charge in [-0.15, -0.1) is 0 Å². The average molecular weight is 222 g/mol. The van der Waals surface area contributed by atoms with Crippen LogP contribution in [0.5, 0.6) is 0 Å². The van der Waals surface area contributed by atoms with Crippen LogP contribution in [-0.4, -0.2) is 24.1 Å². The normalized spacial score (nSPS) is 31.8. The number of rotatable bonds is 1. The maximum Gasteiger partial charge on any atom is 0.165 e. The summed E-state index contributed by atoms with van der Waals surface area (Å²) in [6.45, 7) is 2.92.